The highest BCUT2D eigenvalue weighted by Crippen LogP contribution is 2.47. The van der Waals surface area contributed by atoms with Gasteiger partial charge in [-0.25, -0.2) is 0 Å². The van der Waals surface area contributed by atoms with E-state index in [2.05, 4.69) is 9.05 Å². The Morgan fingerprint density at radius 3 is 2.14 bits per heavy atom. The van der Waals surface area contributed by atoms with Crippen molar-refractivity contribution in [2.24, 2.45) is 0 Å². The van der Waals surface area contributed by atoms with Crippen molar-refractivity contribution in [3.8, 4) is 0 Å². The van der Waals surface area contributed by atoms with Crippen LogP contribution in [0.25, 0.3) is 0 Å². The molecule has 0 saturated heterocycles. The van der Waals surface area contributed by atoms with Crippen molar-refractivity contribution in [3.63, 3.8) is 0 Å². The molecule has 0 aromatic heterocycles. The first-order valence-electron chi connectivity index (χ1n) is 4.47. The average Bonchev–Trinajstić information content (AvgIpc) is 2.17. The van der Waals surface area contributed by atoms with Gasteiger partial charge >= 0.3 is 16.3 Å². The van der Waals surface area contributed by atoms with Gasteiger partial charge in [0.25, 0.3) is 0 Å². The quantitative estimate of drug-likeness (QED) is 0.393. The Kier molecular flexibility index (Phi) is 6.05. The van der Waals surface area contributed by atoms with Gasteiger partial charge in [0.15, 0.2) is 0 Å². The summed E-state index contributed by atoms with van der Waals surface area (Å²) in [5, 5.41) is 0. The molecule has 0 aliphatic carbocycles. The Balaban J connectivity index is 3.90. The van der Waals surface area contributed by atoms with Gasteiger partial charge in [-0.3, -0.25) is 12.8 Å². The lowest BCUT2D eigenvalue weighted by molar-refractivity contribution is 0.275. The predicted octanol–water partition coefficient (Wildman–Crippen LogP) is 3.26. The highest BCUT2D eigenvalue weighted by atomic mass is 31.2. The van der Waals surface area contributed by atoms with Crippen LogP contribution in [0.1, 0.15) is 13.3 Å². The molecule has 0 radical (unpaired) electrons. The van der Waals surface area contributed by atoms with Crippen LogP contribution in [0, 0.1) is 0 Å². The molecule has 0 aliphatic rings. The third-order valence-corrected chi connectivity index (χ3v) is 6.14. The van der Waals surface area contributed by atoms with Crippen molar-refractivity contribution in [2.45, 2.75) is 25.4 Å². The molecule has 0 aliphatic heterocycles. The van der Waals surface area contributed by atoms with Gasteiger partial charge < -0.3 is 9.05 Å². The molecule has 0 bridgehead atoms. The highest BCUT2D eigenvalue weighted by Gasteiger charge is 2.33. The van der Waals surface area contributed by atoms with Crippen LogP contribution in [0.3, 0.4) is 0 Å². The SMILES string of the molecule is CC[Si](F)(F)CCCP(=O)(OC)OC. The standard InChI is InChI=1S/C7H17F2O3PSi/c1-4-14(8,9)7-5-6-13(10,11-2)12-3/h4-7H2,1-3H3. The minimum Gasteiger partial charge on any atom is -0.312 e. The maximum Gasteiger partial charge on any atom is 0.424 e. The van der Waals surface area contributed by atoms with Crippen LogP contribution in [-0.4, -0.2) is 29.1 Å². The van der Waals surface area contributed by atoms with Crippen LogP contribution in [0.15, 0.2) is 0 Å². The van der Waals surface area contributed by atoms with E-state index in [1.807, 2.05) is 0 Å². The van der Waals surface area contributed by atoms with Crippen LogP contribution in [-0.2, 0) is 13.6 Å². The molecule has 14 heavy (non-hydrogen) atoms. The summed E-state index contributed by atoms with van der Waals surface area (Å²) in [5.74, 6) is 0. The smallest absolute Gasteiger partial charge is 0.312 e. The van der Waals surface area contributed by atoms with E-state index in [9.17, 15) is 12.8 Å². The van der Waals surface area contributed by atoms with Gasteiger partial charge in [0, 0.05) is 14.2 Å². The fraction of sp³-hybridized carbons (Fsp3) is 1.00. The Bertz CT molecular complexity index is 205. The molecule has 0 aromatic carbocycles. The van der Waals surface area contributed by atoms with E-state index in [0.29, 0.717) is 0 Å². The molecule has 7 heteroatoms. The first kappa shape index (κ1) is 14.2. The molecule has 0 amide bonds. The molecule has 0 atom stereocenters. The summed E-state index contributed by atoms with van der Waals surface area (Å²) < 4.78 is 46.5. The molecule has 0 saturated carbocycles. The summed E-state index contributed by atoms with van der Waals surface area (Å²) in [5.41, 5.74) is 0. The van der Waals surface area contributed by atoms with Crippen LogP contribution >= 0.6 is 7.60 Å². The zero-order valence-corrected chi connectivity index (χ0v) is 10.7. The summed E-state index contributed by atoms with van der Waals surface area (Å²) in [6.07, 6.45) is 0.272. The fourth-order valence-corrected chi connectivity index (χ4v) is 3.37. The number of hydrogen-bond donors (Lipinski definition) is 0. The third-order valence-electron chi connectivity index (χ3n) is 2.05. The first-order valence-corrected chi connectivity index (χ1v) is 8.37. The Labute approximate surface area is 84.7 Å². The average molecular weight is 246 g/mol. The van der Waals surface area contributed by atoms with Gasteiger partial charge in [-0.05, 0) is 18.5 Å². The zero-order chi connectivity index (χ0) is 11.2. The van der Waals surface area contributed by atoms with E-state index >= 15 is 0 Å². The summed E-state index contributed by atoms with van der Waals surface area (Å²) >= 11 is 0. The Morgan fingerprint density at radius 1 is 1.29 bits per heavy atom. The molecule has 0 heterocycles. The zero-order valence-electron chi connectivity index (χ0n) is 8.76. The van der Waals surface area contributed by atoms with Crippen molar-refractivity contribution in [3.05, 3.63) is 0 Å². The maximum absolute atomic E-state index is 12.9. The lowest BCUT2D eigenvalue weighted by Gasteiger charge is -2.14. The van der Waals surface area contributed by atoms with Gasteiger partial charge in [-0.1, -0.05) is 6.92 Å². The number of halogens is 2. The van der Waals surface area contributed by atoms with Gasteiger partial charge in [0.2, 0.25) is 0 Å². The summed E-state index contributed by atoms with van der Waals surface area (Å²) in [7, 11) is -4.60. The van der Waals surface area contributed by atoms with Gasteiger partial charge in [-0.15, -0.1) is 0 Å². The monoisotopic (exact) mass is 246 g/mol. The molecule has 0 aromatic rings. The molecule has 0 unspecified atom stereocenters. The fourth-order valence-electron chi connectivity index (χ4n) is 0.965. The minimum absolute atomic E-state index is 0.0583. The lowest BCUT2D eigenvalue weighted by Crippen LogP contribution is -2.20. The highest BCUT2D eigenvalue weighted by molar-refractivity contribution is 7.53. The topological polar surface area (TPSA) is 35.5 Å². The number of rotatable bonds is 7. The summed E-state index contributed by atoms with van der Waals surface area (Å²) in [6, 6.07) is -0.197. The van der Waals surface area contributed by atoms with Crippen molar-refractivity contribution in [2.75, 3.05) is 20.4 Å². The molecular formula is C7H17F2O3PSi. The Morgan fingerprint density at radius 2 is 1.79 bits per heavy atom. The molecule has 0 fully saturated rings. The van der Waals surface area contributed by atoms with E-state index in [1.54, 1.807) is 0 Å². The molecule has 86 valence electrons. The van der Waals surface area contributed by atoms with E-state index in [0.717, 1.165) is 0 Å². The van der Waals surface area contributed by atoms with Crippen molar-refractivity contribution >= 4 is 16.3 Å². The third kappa shape index (κ3) is 5.19. The second kappa shape index (κ2) is 5.95. The lowest BCUT2D eigenvalue weighted by atomic mass is 10.6. The van der Waals surface area contributed by atoms with Gasteiger partial charge in [-0.2, -0.15) is 0 Å². The van der Waals surface area contributed by atoms with E-state index in [-0.39, 0.29) is 24.7 Å². The van der Waals surface area contributed by atoms with Crippen molar-refractivity contribution < 1.29 is 21.8 Å². The van der Waals surface area contributed by atoms with E-state index < -0.39 is 16.3 Å². The number of hydrogen-bond acceptors (Lipinski definition) is 3. The van der Waals surface area contributed by atoms with Crippen LogP contribution in [0.2, 0.25) is 12.1 Å². The maximum atomic E-state index is 12.9. The summed E-state index contributed by atoms with van der Waals surface area (Å²) in [6.45, 7) is 1.48. The second-order valence-corrected chi connectivity index (χ2v) is 8.33. The Hall–Kier alpha value is 0.227. The minimum atomic E-state index is -4.03. The van der Waals surface area contributed by atoms with Crippen LogP contribution < -0.4 is 0 Å². The normalized spacial score (nSPS) is 13.2. The van der Waals surface area contributed by atoms with Crippen LogP contribution in [0.4, 0.5) is 8.22 Å². The second-order valence-electron chi connectivity index (χ2n) is 3.01. The van der Waals surface area contributed by atoms with Crippen molar-refractivity contribution in [1.29, 1.82) is 0 Å². The van der Waals surface area contributed by atoms with E-state index in [4.69, 9.17) is 0 Å². The van der Waals surface area contributed by atoms with Crippen molar-refractivity contribution in [1.82, 2.24) is 0 Å². The van der Waals surface area contributed by atoms with Crippen LogP contribution in [0.5, 0.6) is 0 Å². The molecular weight excluding hydrogens is 229 g/mol. The van der Waals surface area contributed by atoms with Gasteiger partial charge in [0.1, 0.15) is 0 Å². The molecule has 3 nitrogen and oxygen atoms in total. The largest absolute Gasteiger partial charge is 0.424 e. The van der Waals surface area contributed by atoms with E-state index in [1.165, 1.54) is 21.1 Å². The molecule has 0 spiro atoms. The molecule has 0 N–H and O–H groups in total. The predicted molar refractivity (Wildman–Crippen MR) is 54.4 cm³/mol. The van der Waals surface area contributed by atoms with Gasteiger partial charge in [0.05, 0.1) is 6.16 Å². The molecule has 0 rings (SSSR count). The summed E-state index contributed by atoms with van der Waals surface area (Å²) in [4.78, 5) is 0. The first-order chi connectivity index (χ1) is 6.39.